The average Bonchev–Trinajstić information content (AvgIpc) is 2.42. The van der Waals surface area contributed by atoms with Crippen molar-refractivity contribution in [2.75, 3.05) is 13.6 Å². The molecule has 0 heterocycles. The van der Waals surface area contributed by atoms with Crippen LogP contribution in [0.2, 0.25) is 0 Å². The van der Waals surface area contributed by atoms with E-state index in [-0.39, 0.29) is 11.7 Å². The normalized spacial score (nSPS) is 10.6. The Balaban J connectivity index is 2.38. The molecule has 18 heavy (non-hydrogen) atoms. The molecular weight excluding hydrogens is 222 g/mol. The molecule has 0 aliphatic carbocycles. The van der Waals surface area contributed by atoms with Crippen LogP contribution in [-0.4, -0.2) is 19.4 Å². The van der Waals surface area contributed by atoms with Gasteiger partial charge in [-0.25, -0.2) is 0 Å². The van der Waals surface area contributed by atoms with E-state index in [1.807, 2.05) is 60.7 Å². The van der Waals surface area contributed by atoms with Crippen LogP contribution < -0.4 is 5.32 Å². The topological polar surface area (TPSA) is 29.1 Å². The number of likely N-dealkylation sites (N-methyl/N-ethyl adjacent to an activating group) is 1. The standard InChI is InChI=1S/C16H17NO/c1-17-12-15(18)16(13-8-4-2-5-9-13)14-10-6-3-7-11-14/h2-11,16-17H,12H2,1H3. The number of carbonyl (C=O) groups is 1. The first-order chi connectivity index (χ1) is 8.83. The van der Waals surface area contributed by atoms with Crippen LogP contribution in [0.3, 0.4) is 0 Å². The molecule has 0 aliphatic rings. The lowest BCUT2D eigenvalue weighted by atomic mass is 9.87. The van der Waals surface area contributed by atoms with E-state index in [0.717, 1.165) is 11.1 Å². The van der Waals surface area contributed by atoms with Crippen molar-refractivity contribution in [3.8, 4) is 0 Å². The number of carbonyl (C=O) groups excluding carboxylic acids is 1. The second kappa shape index (κ2) is 6.12. The molecule has 0 fully saturated rings. The minimum Gasteiger partial charge on any atom is -0.313 e. The summed E-state index contributed by atoms with van der Waals surface area (Å²) in [4.78, 5) is 12.3. The zero-order valence-electron chi connectivity index (χ0n) is 10.5. The molecule has 0 spiro atoms. The van der Waals surface area contributed by atoms with Crippen molar-refractivity contribution in [3.63, 3.8) is 0 Å². The van der Waals surface area contributed by atoms with Crippen molar-refractivity contribution in [3.05, 3.63) is 71.8 Å². The Morgan fingerprint density at radius 2 is 1.39 bits per heavy atom. The number of ketones is 1. The predicted molar refractivity (Wildman–Crippen MR) is 73.7 cm³/mol. The van der Waals surface area contributed by atoms with Gasteiger partial charge in [0.05, 0.1) is 12.5 Å². The third kappa shape index (κ3) is 2.84. The lowest BCUT2D eigenvalue weighted by Gasteiger charge is -2.16. The predicted octanol–water partition coefficient (Wildman–Crippen LogP) is 2.61. The summed E-state index contributed by atoms with van der Waals surface area (Å²) in [6.07, 6.45) is 0. The molecule has 0 aliphatic heterocycles. The number of hydrogen-bond donors (Lipinski definition) is 1. The fraction of sp³-hybridized carbons (Fsp3) is 0.188. The Kier molecular flexibility index (Phi) is 4.26. The van der Waals surface area contributed by atoms with Crippen LogP contribution in [0.15, 0.2) is 60.7 Å². The van der Waals surface area contributed by atoms with Gasteiger partial charge in [-0.05, 0) is 18.2 Å². The fourth-order valence-corrected chi connectivity index (χ4v) is 2.13. The average molecular weight is 239 g/mol. The summed E-state index contributed by atoms with van der Waals surface area (Å²) in [5.74, 6) is 0.00903. The fourth-order valence-electron chi connectivity index (χ4n) is 2.13. The van der Waals surface area contributed by atoms with Gasteiger partial charge in [0.1, 0.15) is 0 Å². The van der Waals surface area contributed by atoms with Gasteiger partial charge in [0.2, 0.25) is 0 Å². The Hall–Kier alpha value is -1.93. The van der Waals surface area contributed by atoms with E-state index < -0.39 is 0 Å². The van der Waals surface area contributed by atoms with Crippen LogP contribution in [0.25, 0.3) is 0 Å². The van der Waals surface area contributed by atoms with Gasteiger partial charge in [-0.2, -0.15) is 0 Å². The number of Topliss-reactive ketones (excluding diaryl/α,β-unsaturated/α-hetero) is 1. The summed E-state index contributed by atoms with van der Waals surface area (Å²) >= 11 is 0. The van der Waals surface area contributed by atoms with Gasteiger partial charge >= 0.3 is 0 Å². The number of nitrogens with one attached hydrogen (secondary N) is 1. The molecule has 1 N–H and O–H groups in total. The minimum absolute atomic E-state index is 0.181. The van der Waals surface area contributed by atoms with Gasteiger partial charge in [-0.15, -0.1) is 0 Å². The van der Waals surface area contributed by atoms with Gasteiger partial charge in [-0.3, -0.25) is 4.79 Å². The zero-order valence-corrected chi connectivity index (χ0v) is 10.5. The second-order valence-electron chi connectivity index (χ2n) is 4.25. The highest BCUT2D eigenvalue weighted by molar-refractivity contribution is 5.90. The number of rotatable bonds is 5. The Labute approximate surface area is 108 Å². The first-order valence-corrected chi connectivity index (χ1v) is 6.10. The molecule has 2 aromatic rings. The maximum Gasteiger partial charge on any atom is 0.158 e. The van der Waals surface area contributed by atoms with Crippen molar-refractivity contribution >= 4 is 5.78 Å². The molecule has 2 heteroatoms. The summed E-state index contributed by atoms with van der Waals surface area (Å²) in [5, 5.41) is 2.94. The van der Waals surface area contributed by atoms with E-state index in [9.17, 15) is 4.79 Å². The summed E-state index contributed by atoms with van der Waals surface area (Å²) in [5.41, 5.74) is 2.09. The molecule has 0 aromatic heterocycles. The molecule has 0 amide bonds. The first kappa shape index (κ1) is 12.5. The molecule has 2 rings (SSSR count). The maximum atomic E-state index is 12.3. The van der Waals surface area contributed by atoms with E-state index >= 15 is 0 Å². The van der Waals surface area contributed by atoms with E-state index in [2.05, 4.69) is 5.32 Å². The van der Waals surface area contributed by atoms with Crippen LogP contribution in [0.5, 0.6) is 0 Å². The SMILES string of the molecule is CNCC(=O)C(c1ccccc1)c1ccccc1. The summed E-state index contributed by atoms with van der Waals surface area (Å²) in [6, 6.07) is 19.8. The van der Waals surface area contributed by atoms with E-state index in [1.165, 1.54) is 0 Å². The molecule has 0 atom stereocenters. The molecule has 92 valence electrons. The van der Waals surface area contributed by atoms with Crippen molar-refractivity contribution in [1.29, 1.82) is 0 Å². The molecule has 2 nitrogen and oxygen atoms in total. The molecular formula is C16H17NO. The van der Waals surface area contributed by atoms with E-state index in [0.29, 0.717) is 6.54 Å². The summed E-state index contributed by atoms with van der Waals surface area (Å²) in [6.45, 7) is 0.383. The quantitative estimate of drug-likeness (QED) is 0.869. The highest BCUT2D eigenvalue weighted by Gasteiger charge is 2.21. The second-order valence-corrected chi connectivity index (χ2v) is 4.25. The molecule has 0 saturated carbocycles. The molecule has 0 saturated heterocycles. The number of benzene rings is 2. The van der Waals surface area contributed by atoms with Crippen molar-refractivity contribution in [2.45, 2.75) is 5.92 Å². The van der Waals surface area contributed by atoms with Gasteiger partial charge in [0.15, 0.2) is 5.78 Å². The van der Waals surface area contributed by atoms with Crippen LogP contribution in [-0.2, 0) is 4.79 Å². The van der Waals surface area contributed by atoms with E-state index in [1.54, 1.807) is 7.05 Å². The largest absolute Gasteiger partial charge is 0.313 e. The molecule has 0 radical (unpaired) electrons. The Bertz CT molecular complexity index is 454. The third-order valence-electron chi connectivity index (χ3n) is 2.94. The zero-order chi connectivity index (χ0) is 12.8. The van der Waals surface area contributed by atoms with Crippen LogP contribution in [0, 0.1) is 0 Å². The van der Waals surface area contributed by atoms with Gasteiger partial charge < -0.3 is 5.32 Å². The number of hydrogen-bond acceptors (Lipinski definition) is 2. The van der Waals surface area contributed by atoms with Gasteiger partial charge in [0, 0.05) is 0 Å². The lowest BCUT2D eigenvalue weighted by Crippen LogP contribution is -2.25. The van der Waals surface area contributed by atoms with Gasteiger partial charge in [0.25, 0.3) is 0 Å². The van der Waals surface area contributed by atoms with Gasteiger partial charge in [-0.1, -0.05) is 60.7 Å². The third-order valence-corrected chi connectivity index (χ3v) is 2.94. The summed E-state index contributed by atoms with van der Waals surface area (Å²) < 4.78 is 0. The molecule has 0 unspecified atom stereocenters. The van der Waals surface area contributed by atoms with Crippen molar-refractivity contribution in [1.82, 2.24) is 5.32 Å². The Morgan fingerprint density at radius 1 is 0.944 bits per heavy atom. The molecule has 0 bridgehead atoms. The summed E-state index contributed by atoms with van der Waals surface area (Å²) in [7, 11) is 1.80. The lowest BCUT2D eigenvalue weighted by molar-refractivity contribution is -0.118. The highest BCUT2D eigenvalue weighted by Crippen LogP contribution is 2.25. The molecule has 2 aromatic carbocycles. The van der Waals surface area contributed by atoms with Crippen molar-refractivity contribution < 1.29 is 4.79 Å². The Morgan fingerprint density at radius 3 is 1.78 bits per heavy atom. The minimum atomic E-state index is -0.181. The highest BCUT2D eigenvalue weighted by atomic mass is 16.1. The maximum absolute atomic E-state index is 12.3. The van der Waals surface area contributed by atoms with Crippen molar-refractivity contribution in [2.24, 2.45) is 0 Å². The van der Waals surface area contributed by atoms with Crippen LogP contribution in [0.4, 0.5) is 0 Å². The smallest absolute Gasteiger partial charge is 0.158 e. The van der Waals surface area contributed by atoms with Crippen LogP contribution in [0.1, 0.15) is 17.0 Å². The first-order valence-electron chi connectivity index (χ1n) is 6.10. The van der Waals surface area contributed by atoms with Crippen LogP contribution >= 0.6 is 0 Å². The van der Waals surface area contributed by atoms with E-state index in [4.69, 9.17) is 0 Å². The monoisotopic (exact) mass is 239 g/mol.